The van der Waals surface area contributed by atoms with Crippen molar-refractivity contribution in [1.82, 2.24) is 9.97 Å². The highest BCUT2D eigenvalue weighted by molar-refractivity contribution is 6.04. The van der Waals surface area contributed by atoms with Crippen LogP contribution in [0.3, 0.4) is 0 Å². The van der Waals surface area contributed by atoms with Crippen LogP contribution in [0.15, 0.2) is 78.9 Å². The molecule has 1 fully saturated rings. The molecular formula is C28H26FN5O3. The molecule has 4 aromatic rings. The number of rotatable bonds is 7. The summed E-state index contributed by atoms with van der Waals surface area (Å²) in [5.74, 6) is 2.60. The van der Waals surface area contributed by atoms with Crippen LogP contribution < -0.4 is 20.3 Å². The highest BCUT2D eigenvalue weighted by atomic mass is 19.1. The number of aromatic nitrogens is 2. The Kier molecular flexibility index (Phi) is 7.23. The average Bonchev–Trinajstić information content (AvgIpc) is 2.91. The van der Waals surface area contributed by atoms with Gasteiger partial charge in [-0.3, -0.25) is 4.79 Å². The maximum absolute atomic E-state index is 13.1. The smallest absolute Gasteiger partial charge is 0.255 e. The van der Waals surface area contributed by atoms with Crippen molar-refractivity contribution in [2.24, 2.45) is 0 Å². The Morgan fingerprint density at radius 2 is 1.65 bits per heavy atom. The molecule has 0 saturated carbocycles. The van der Waals surface area contributed by atoms with Crippen LogP contribution in [0.1, 0.15) is 16.2 Å². The van der Waals surface area contributed by atoms with Gasteiger partial charge in [-0.15, -0.1) is 0 Å². The maximum Gasteiger partial charge on any atom is 0.255 e. The second kappa shape index (κ2) is 11.0. The van der Waals surface area contributed by atoms with Crippen molar-refractivity contribution in [3.05, 3.63) is 96.1 Å². The molecule has 1 saturated heterocycles. The lowest BCUT2D eigenvalue weighted by atomic mass is 10.2. The highest BCUT2D eigenvalue weighted by Crippen LogP contribution is 2.24. The van der Waals surface area contributed by atoms with E-state index in [-0.39, 0.29) is 11.7 Å². The van der Waals surface area contributed by atoms with Crippen LogP contribution in [-0.2, 0) is 4.74 Å². The molecule has 37 heavy (non-hydrogen) atoms. The van der Waals surface area contributed by atoms with Crippen molar-refractivity contribution in [1.29, 1.82) is 0 Å². The summed E-state index contributed by atoms with van der Waals surface area (Å²) in [6.07, 6.45) is 0. The second-order valence-electron chi connectivity index (χ2n) is 8.50. The second-order valence-corrected chi connectivity index (χ2v) is 8.50. The van der Waals surface area contributed by atoms with E-state index in [1.165, 1.54) is 24.3 Å². The molecule has 1 aliphatic rings. The Hall–Kier alpha value is -4.50. The molecule has 1 aromatic heterocycles. The van der Waals surface area contributed by atoms with Crippen molar-refractivity contribution in [3.8, 4) is 11.5 Å². The molecule has 188 valence electrons. The summed E-state index contributed by atoms with van der Waals surface area (Å²) in [6, 6.07) is 21.8. The molecule has 0 radical (unpaired) electrons. The number of hydrogen-bond donors (Lipinski definition) is 2. The van der Waals surface area contributed by atoms with E-state index in [1.807, 2.05) is 37.3 Å². The number of benzene rings is 3. The van der Waals surface area contributed by atoms with Gasteiger partial charge in [0.05, 0.1) is 13.2 Å². The minimum absolute atomic E-state index is 0.271. The molecule has 0 atom stereocenters. The van der Waals surface area contributed by atoms with E-state index >= 15 is 0 Å². The Morgan fingerprint density at radius 1 is 0.919 bits per heavy atom. The van der Waals surface area contributed by atoms with Gasteiger partial charge < -0.3 is 25.0 Å². The third-order valence-corrected chi connectivity index (χ3v) is 5.72. The number of amides is 1. The number of aryl methyl sites for hydroxylation is 1. The third kappa shape index (κ3) is 6.39. The number of carbonyl (C=O) groups excluding carboxylic acids is 1. The van der Waals surface area contributed by atoms with Crippen LogP contribution in [0, 0.1) is 12.7 Å². The molecule has 2 N–H and O–H groups in total. The van der Waals surface area contributed by atoms with Gasteiger partial charge in [0.2, 0.25) is 0 Å². The lowest BCUT2D eigenvalue weighted by Crippen LogP contribution is -2.36. The molecule has 0 spiro atoms. The molecule has 1 aliphatic heterocycles. The van der Waals surface area contributed by atoms with Gasteiger partial charge in [-0.1, -0.05) is 6.07 Å². The fourth-order valence-corrected chi connectivity index (χ4v) is 3.90. The number of nitrogens with zero attached hydrogens (tertiary/aromatic N) is 3. The van der Waals surface area contributed by atoms with Crippen molar-refractivity contribution >= 4 is 28.9 Å². The van der Waals surface area contributed by atoms with Crippen LogP contribution in [0.2, 0.25) is 0 Å². The fraction of sp³-hybridized carbons (Fsp3) is 0.179. The van der Waals surface area contributed by atoms with Gasteiger partial charge in [0.1, 0.15) is 34.8 Å². The van der Waals surface area contributed by atoms with Crippen molar-refractivity contribution < 1.29 is 18.7 Å². The van der Waals surface area contributed by atoms with Crippen LogP contribution in [0.25, 0.3) is 0 Å². The summed E-state index contributed by atoms with van der Waals surface area (Å²) >= 11 is 0. The first-order valence-electron chi connectivity index (χ1n) is 11.9. The van der Waals surface area contributed by atoms with Gasteiger partial charge in [-0.25, -0.2) is 14.4 Å². The maximum atomic E-state index is 13.1. The summed E-state index contributed by atoms with van der Waals surface area (Å²) in [7, 11) is 0. The monoisotopic (exact) mass is 499 g/mol. The Bertz CT molecular complexity index is 1370. The highest BCUT2D eigenvalue weighted by Gasteiger charge is 2.14. The van der Waals surface area contributed by atoms with Gasteiger partial charge in [0.25, 0.3) is 5.91 Å². The quantitative estimate of drug-likeness (QED) is 0.345. The topological polar surface area (TPSA) is 88.6 Å². The Balaban J connectivity index is 1.22. The predicted molar refractivity (Wildman–Crippen MR) is 140 cm³/mol. The number of morpholine rings is 1. The van der Waals surface area contributed by atoms with Gasteiger partial charge >= 0.3 is 0 Å². The average molecular weight is 500 g/mol. The zero-order valence-electron chi connectivity index (χ0n) is 20.3. The molecule has 2 heterocycles. The molecule has 5 rings (SSSR count). The summed E-state index contributed by atoms with van der Waals surface area (Å²) in [5.41, 5.74) is 1.92. The number of nitrogens with one attached hydrogen (secondary N) is 2. The minimum atomic E-state index is -0.341. The van der Waals surface area contributed by atoms with E-state index < -0.39 is 0 Å². The van der Waals surface area contributed by atoms with Gasteiger partial charge in [0.15, 0.2) is 0 Å². The molecule has 0 unspecified atom stereocenters. The summed E-state index contributed by atoms with van der Waals surface area (Å²) < 4.78 is 24.3. The van der Waals surface area contributed by atoms with Gasteiger partial charge in [-0.2, -0.15) is 0 Å². The zero-order valence-corrected chi connectivity index (χ0v) is 20.3. The first-order valence-corrected chi connectivity index (χ1v) is 11.9. The first-order chi connectivity index (χ1) is 18.0. The SMILES string of the molecule is Cc1nc(Nc2ccc(NC(=O)c3cccc(Oc4ccc(F)cc4)c3)cc2)cc(N2CCOCC2)n1. The van der Waals surface area contributed by atoms with E-state index in [2.05, 4.69) is 25.5 Å². The van der Waals surface area contributed by atoms with E-state index in [9.17, 15) is 9.18 Å². The molecule has 9 heteroatoms. The molecule has 0 bridgehead atoms. The number of hydrogen-bond acceptors (Lipinski definition) is 7. The standard InChI is InChI=1S/C28H26FN5O3/c1-19-30-26(18-27(31-19)34-13-15-36-16-14-34)32-22-7-9-23(10-8-22)33-28(35)20-3-2-4-25(17-20)37-24-11-5-21(29)6-12-24/h2-12,17-18H,13-16H2,1H3,(H,33,35)(H,30,31,32). The van der Waals surface area contributed by atoms with Crippen molar-refractivity contribution in [2.75, 3.05) is 41.8 Å². The number of anilines is 4. The lowest BCUT2D eigenvalue weighted by Gasteiger charge is -2.28. The minimum Gasteiger partial charge on any atom is -0.457 e. The Labute approximate surface area is 214 Å². The number of ether oxygens (including phenoxy) is 2. The van der Waals surface area contributed by atoms with E-state index in [0.29, 0.717) is 47.6 Å². The van der Waals surface area contributed by atoms with Crippen molar-refractivity contribution in [2.45, 2.75) is 6.92 Å². The van der Waals surface area contributed by atoms with Crippen LogP contribution in [0.4, 0.5) is 27.4 Å². The van der Waals surface area contributed by atoms with E-state index in [4.69, 9.17) is 9.47 Å². The van der Waals surface area contributed by atoms with E-state index in [0.717, 1.165) is 24.6 Å². The molecule has 3 aromatic carbocycles. The summed E-state index contributed by atoms with van der Waals surface area (Å²) in [5, 5.41) is 6.20. The molecular weight excluding hydrogens is 473 g/mol. The van der Waals surface area contributed by atoms with Crippen LogP contribution in [-0.4, -0.2) is 42.2 Å². The lowest BCUT2D eigenvalue weighted by molar-refractivity contribution is 0.102. The first kappa shape index (κ1) is 24.2. The van der Waals surface area contributed by atoms with Gasteiger partial charge in [0, 0.05) is 36.1 Å². The predicted octanol–water partition coefficient (Wildman–Crippen LogP) is 5.55. The molecule has 8 nitrogen and oxygen atoms in total. The zero-order chi connectivity index (χ0) is 25.6. The van der Waals surface area contributed by atoms with Crippen molar-refractivity contribution in [3.63, 3.8) is 0 Å². The molecule has 0 aliphatic carbocycles. The number of halogens is 1. The van der Waals surface area contributed by atoms with Crippen LogP contribution in [0.5, 0.6) is 11.5 Å². The fourth-order valence-electron chi connectivity index (χ4n) is 3.90. The summed E-state index contributed by atoms with van der Waals surface area (Å²) in [4.78, 5) is 24.0. The normalized spacial score (nSPS) is 13.2. The number of carbonyl (C=O) groups is 1. The molecule has 1 amide bonds. The largest absolute Gasteiger partial charge is 0.457 e. The van der Waals surface area contributed by atoms with E-state index in [1.54, 1.807) is 24.3 Å². The van der Waals surface area contributed by atoms with Crippen LogP contribution >= 0.6 is 0 Å². The third-order valence-electron chi connectivity index (χ3n) is 5.72. The van der Waals surface area contributed by atoms with Gasteiger partial charge in [-0.05, 0) is 73.7 Å². The Morgan fingerprint density at radius 3 is 2.41 bits per heavy atom. The summed E-state index contributed by atoms with van der Waals surface area (Å²) in [6.45, 7) is 4.83.